The molecule has 1 aromatic rings. The third-order valence-corrected chi connectivity index (χ3v) is 5.88. The number of nitro benzene ring substituents is 1. The van der Waals surface area contributed by atoms with E-state index < -0.39 is 42.6 Å². The Morgan fingerprint density at radius 2 is 2.14 bits per heavy atom. The molecule has 1 aliphatic heterocycles. The van der Waals surface area contributed by atoms with Crippen LogP contribution in [0.1, 0.15) is 18.4 Å². The number of halogens is 1. The lowest BCUT2D eigenvalue weighted by molar-refractivity contribution is -0.385. The van der Waals surface area contributed by atoms with Crippen LogP contribution in [0.25, 0.3) is 0 Å². The predicted octanol–water partition coefficient (Wildman–Crippen LogP) is 1.79. The van der Waals surface area contributed by atoms with Crippen LogP contribution in [0.2, 0.25) is 5.02 Å². The highest BCUT2D eigenvalue weighted by Crippen LogP contribution is 2.36. The van der Waals surface area contributed by atoms with Crippen molar-refractivity contribution in [2.24, 2.45) is 0 Å². The van der Waals surface area contributed by atoms with Crippen molar-refractivity contribution in [3.05, 3.63) is 32.8 Å². The third kappa shape index (κ3) is 2.79. The summed E-state index contributed by atoms with van der Waals surface area (Å²) in [6.07, 6.45) is 0.599. The molecule has 1 aromatic carbocycles. The number of aryl methyl sites for hydroxylation is 1. The van der Waals surface area contributed by atoms with Crippen LogP contribution >= 0.6 is 11.6 Å². The first kappa shape index (κ1) is 16.7. The van der Waals surface area contributed by atoms with Gasteiger partial charge in [0.05, 0.1) is 4.92 Å². The van der Waals surface area contributed by atoms with Crippen LogP contribution in [0.4, 0.5) is 5.69 Å². The molecular formula is C12H13ClN2O6S. The van der Waals surface area contributed by atoms with Crippen molar-refractivity contribution in [2.45, 2.75) is 30.7 Å². The van der Waals surface area contributed by atoms with E-state index in [9.17, 15) is 23.3 Å². The van der Waals surface area contributed by atoms with Gasteiger partial charge >= 0.3 is 5.97 Å². The molecule has 1 N–H and O–H groups in total. The Bertz CT molecular complexity index is 748. The Kier molecular flexibility index (Phi) is 4.41. The summed E-state index contributed by atoms with van der Waals surface area (Å²) in [6.45, 7) is 1.54. The molecule has 0 amide bonds. The van der Waals surface area contributed by atoms with Gasteiger partial charge in [-0.3, -0.25) is 14.9 Å². The maximum absolute atomic E-state index is 12.7. The number of hydrogen-bond acceptors (Lipinski definition) is 5. The molecular weight excluding hydrogens is 336 g/mol. The van der Waals surface area contributed by atoms with Gasteiger partial charge in [-0.25, -0.2) is 8.42 Å². The Morgan fingerprint density at radius 3 is 2.68 bits per heavy atom. The molecule has 1 fully saturated rings. The van der Waals surface area contributed by atoms with Crippen molar-refractivity contribution in [1.82, 2.24) is 4.31 Å². The maximum Gasteiger partial charge on any atom is 0.322 e. The van der Waals surface area contributed by atoms with Gasteiger partial charge in [0, 0.05) is 12.6 Å². The summed E-state index contributed by atoms with van der Waals surface area (Å²) in [7, 11) is -4.23. The summed E-state index contributed by atoms with van der Waals surface area (Å²) in [5.41, 5.74) is -0.174. The fraction of sp³-hybridized carbons (Fsp3) is 0.417. The first-order chi connectivity index (χ1) is 10.2. The van der Waals surface area contributed by atoms with E-state index in [1.54, 1.807) is 0 Å². The average Bonchev–Trinajstić information content (AvgIpc) is 2.90. The van der Waals surface area contributed by atoms with Crippen LogP contribution in [0.15, 0.2) is 17.0 Å². The topological polar surface area (TPSA) is 118 Å². The number of carbonyl (C=O) groups is 1. The highest BCUT2D eigenvalue weighted by atomic mass is 35.5. The van der Waals surface area contributed by atoms with Gasteiger partial charge in [-0.15, -0.1) is 0 Å². The van der Waals surface area contributed by atoms with Gasteiger partial charge in [0.2, 0.25) is 10.0 Å². The summed E-state index contributed by atoms with van der Waals surface area (Å²) in [5.74, 6) is -1.25. The molecule has 0 unspecified atom stereocenters. The fourth-order valence-corrected chi connectivity index (χ4v) is 4.73. The van der Waals surface area contributed by atoms with Gasteiger partial charge in [0.1, 0.15) is 16.0 Å². The van der Waals surface area contributed by atoms with Gasteiger partial charge < -0.3 is 5.11 Å². The van der Waals surface area contributed by atoms with E-state index in [-0.39, 0.29) is 13.0 Å². The van der Waals surface area contributed by atoms with Crippen LogP contribution in [0.5, 0.6) is 0 Å². The molecule has 0 spiro atoms. The maximum atomic E-state index is 12.7. The predicted molar refractivity (Wildman–Crippen MR) is 77.4 cm³/mol. The Morgan fingerprint density at radius 1 is 1.50 bits per heavy atom. The van der Waals surface area contributed by atoms with Crippen molar-refractivity contribution >= 4 is 33.3 Å². The van der Waals surface area contributed by atoms with Gasteiger partial charge in [-0.2, -0.15) is 4.31 Å². The minimum absolute atomic E-state index is 0.0391. The Labute approximate surface area is 131 Å². The summed E-state index contributed by atoms with van der Waals surface area (Å²) in [6, 6.07) is 1.20. The molecule has 22 heavy (non-hydrogen) atoms. The Hall–Kier alpha value is -1.71. The van der Waals surface area contributed by atoms with Gasteiger partial charge in [-0.1, -0.05) is 11.6 Å². The zero-order chi connectivity index (χ0) is 16.7. The molecule has 1 aliphatic rings. The zero-order valence-corrected chi connectivity index (χ0v) is 13.1. The number of hydrogen-bond donors (Lipinski definition) is 1. The lowest BCUT2D eigenvalue weighted by atomic mass is 10.2. The van der Waals surface area contributed by atoms with Crippen molar-refractivity contribution < 1.29 is 23.2 Å². The summed E-state index contributed by atoms with van der Waals surface area (Å²) in [4.78, 5) is 20.9. The fourth-order valence-electron chi connectivity index (χ4n) is 2.44. The van der Waals surface area contributed by atoms with Gasteiger partial charge in [0.25, 0.3) is 5.69 Å². The smallest absolute Gasteiger partial charge is 0.322 e. The number of nitrogens with zero attached hydrogens (tertiary/aromatic N) is 2. The summed E-state index contributed by atoms with van der Waals surface area (Å²) < 4.78 is 26.1. The van der Waals surface area contributed by atoms with Crippen LogP contribution in [0.3, 0.4) is 0 Å². The normalized spacial score (nSPS) is 19.3. The highest BCUT2D eigenvalue weighted by Gasteiger charge is 2.41. The number of sulfonamides is 1. The molecule has 0 aromatic heterocycles. The number of aliphatic carboxylic acids is 1. The molecule has 0 radical (unpaired) electrons. The molecule has 0 aliphatic carbocycles. The molecule has 0 bridgehead atoms. The van der Waals surface area contributed by atoms with Crippen LogP contribution in [-0.2, 0) is 14.8 Å². The average molecular weight is 349 g/mol. The second-order valence-corrected chi connectivity index (χ2v) is 7.20. The van der Waals surface area contributed by atoms with Crippen molar-refractivity contribution in [2.75, 3.05) is 6.54 Å². The molecule has 2 rings (SSSR count). The second-order valence-electron chi connectivity index (χ2n) is 4.97. The van der Waals surface area contributed by atoms with E-state index in [1.807, 2.05) is 0 Å². The van der Waals surface area contributed by atoms with Crippen molar-refractivity contribution in [3.8, 4) is 0 Å². The van der Waals surface area contributed by atoms with Crippen LogP contribution in [0, 0.1) is 17.0 Å². The third-order valence-electron chi connectivity index (χ3n) is 3.44. The van der Waals surface area contributed by atoms with Crippen LogP contribution in [-0.4, -0.2) is 41.3 Å². The van der Waals surface area contributed by atoms with E-state index in [1.165, 1.54) is 19.1 Å². The van der Waals surface area contributed by atoms with Crippen molar-refractivity contribution in [3.63, 3.8) is 0 Å². The van der Waals surface area contributed by atoms with Gasteiger partial charge in [0.15, 0.2) is 0 Å². The lowest BCUT2D eigenvalue weighted by Crippen LogP contribution is -2.40. The minimum atomic E-state index is -4.23. The first-order valence-electron chi connectivity index (χ1n) is 6.35. The lowest BCUT2D eigenvalue weighted by Gasteiger charge is -2.21. The van der Waals surface area contributed by atoms with E-state index >= 15 is 0 Å². The molecule has 1 atom stereocenters. The Balaban J connectivity index is 2.59. The largest absolute Gasteiger partial charge is 0.480 e. The standard InChI is InChI=1S/C12H13ClN2O6S/c1-7-5-9(15(18)19)11(13)10(6-7)22(20,21)14-4-2-3-8(14)12(16)17/h5-6,8H,2-4H2,1H3,(H,16,17)/t8-/m0/s1. The molecule has 0 saturated carbocycles. The molecule has 120 valence electrons. The van der Waals surface area contributed by atoms with Gasteiger partial charge in [-0.05, 0) is 31.4 Å². The number of nitro groups is 1. The van der Waals surface area contributed by atoms with E-state index in [0.29, 0.717) is 12.0 Å². The molecule has 8 nitrogen and oxygen atoms in total. The van der Waals surface area contributed by atoms with E-state index in [4.69, 9.17) is 16.7 Å². The molecule has 1 saturated heterocycles. The summed E-state index contributed by atoms with van der Waals surface area (Å²) >= 11 is 5.87. The number of rotatable bonds is 4. The SMILES string of the molecule is Cc1cc([N+](=O)[O-])c(Cl)c(S(=O)(=O)N2CCC[C@H]2C(=O)O)c1. The summed E-state index contributed by atoms with van der Waals surface area (Å²) in [5, 5.41) is 19.6. The van der Waals surface area contributed by atoms with Crippen LogP contribution < -0.4 is 0 Å². The second kappa shape index (κ2) is 5.82. The van der Waals surface area contributed by atoms with Crippen molar-refractivity contribution in [1.29, 1.82) is 0 Å². The van der Waals surface area contributed by atoms with E-state index in [2.05, 4.69) is 0 Å². The zero-order valence-electron chi connectivity index (χ0n) is 11.5. The highest BCUT2D eigenvalue weighted by molar-refractivity contribution is 7.89. The minimum Gasteiger partial charge on any atom is -0.480 e. The number of carboxylic acid groups (broad SMARTS) is 1. The molecule has 10 heteroatoms. The monoisotopic (exact) mass is 348 g/mol. The van der Waals surface area contributed by atoms with E-state index in [0.717, 1.165) is 4.31 Å². The molecule has 1 heterocycles. The quantitative estimate of drug-likeness (QED) is 0.654. The number of carboxylic acids is 1. The first-order valence-corrected chi connectivity index (χ1v) is 8.17. The number of benzene rings is 1.